The molecule has 0 spiro atoms. The Morgan fingerprint density at radius 2 is 1.79 bits per heavy atom. The number of anilines is 2. The van der Waals surface area contributed by atoms with E-state index in [1.165, 1.54) is 31.2 Å². The number of benzene rings is 2. The van der Waals surface area contributed by atoms with Crippen LogP contribution in [0.1, 0.15) is 17.3 Å². The van der Waals surface area contributed by atoms with E-state index in [0.29, 0.717) is 11.4 Å². The third kappa shape index (κ3) is 2.62. The molecule has 2 aromatic carbocycles. The van der Waals surface area contributed by atoms with Crippen LogP contribution in [0, 0.1) is 11.6 Å². The summed E-state index contributed by atoms with van der Waals surface area (Å²) >= 11 is 0. The van der Waals surface area contributed by atoms with Crippen molar-refractivity contribution in [2.45, 2.75) is 6.92 Å². The summed E-state index contributed by atoms with van der Waals surface area (Å²) in [6, 6.07) is 10.3. The molecule has 2 rings (SSSR count). The molecule has 0 unspecified atom stereocenters. The minimum Gasteiger partial charge on any atom is -0.344 e. The van der Waals surface area contributed by atoms with Gasteiger partial charge >= 0.3 is 0 Å². The van der Waals surface area contributed by atoms with Gasteiger partial charge in [-0.1, -0.05) is 12.1 Å². The summed E-state index contributed by atoms with van der Waals surface area (Å²) in [7, 11) is 1.66. The quantitative estimate of drug-likeness (QED) is 0.780. The van der Waals surface area contributed by atoms with Crippen molar-refractivity contribution in [3.63, 3.8) is 0 Å². The first-order valence-electron chi connectivity index (χ1n) is 5.79. The molecule has 0 aromatic heterocycles. The van der Waals surface area contributed by atoms with E-state index < -0.39 is 5.82 Å². The predicted octanol–water partition coefficient (Wildman–Crippen LogP) is 3.94. The summed E-state index contributed by atoms with van der Waals surface area (Å²) < 4.78 is 26.9. The summed E-state index contributed by atoms with van der Waals surface area (Å²) in [5, 5.41) is 0. The third-order valence-electron chi connectivity index (χ3n) is 2.90. The second-order valence-electron chi connectivity index (χ2n) is 4.23. The highest BCUT2D eigenvalue weighted by molar-refractivity contribution is 6.00. The van der Waals surface area contributed by atoms with E-state index in [0.717, 1.165) is 0 Å². The van der Waals surface area contributed by atoms with Crippen LogP contribution in [-0.4, -0.2) is 12.8 Å². The Hall–Kier alpha value is -2.23. The first-order valence-corrected chi connectivity index (χ1v) is 5.79. The summed E-state index contributed by atoms with van der Waals surface area (Å²) in [5.74, 6) is -1.32. The van der Waals surface area contributed by atoms with Crippen molar-refractivity contribution in [3.05, 3.63) is 59.7 Å². The number of halogens is 2. The molecule has 0 saturated heterocycles. The Labute approximate surface area is 110 Å². The van der Waals surface area contributed by atoms with Crippen LogP contribution >= 0.6 is 0 Å². The lowest BCUT2D eigenvalue weighted by molar-refractivity contribution is 0.101. The number of Topliss-reactive ketones (excluding diaryl/α,β-unsaturated/α-hetero) is 1. The summed E-state index contributed by atoms with van der Waals surface area (Å²) in [6.45, 7) is 1.31. The highest BCUT2D eigenvalue weighted by Gasteiger charge is 2.16. The van der Waals surface area contributed by atoms with E-state index in [2.05, 4.69) is 0 Å². The number of hydrogen-bond donors (Lipinski definition) is 0. The van der Waals surface area contributed by atoms with Gasteiger partial charge in [0.25, 0.3) is 0 Å². The Morgan fingerprint density at radius 1 is 1.11 bits per heavy atom. The lowest BCUT2D eigenvalue weighted by atomic mass is 10.1. The molecular formula is C15H13F2NO. The Morgan fingerprint density at radius 3 is 2.42 bits per heavy atom. The van der Waals surface area contributed by atoms with Crippen molar-refractivity contribution in [2.24, 2.45) is 0 Å². The summed E-state index contributed by atoms with van der Waals surface area (Å²) in [4.78, 5) is 13.1. The number of ketones is 1. The lowest BCUT2D eigenvalue weighted by Crippen LogP contribution is -2.14. The monoisotopic (exact) mass is 261 g/mol. The van der Waals surface area contributed by atoms with Crippen LogP contribution in [0.5, 0.6) is 0 Å². The van der Waals surface area contributed by atoms with Gasteiger partial charge in [-0.25, -0.2) is 8.78 Å². The van der Waals surface area contributed by atoms with Gasteiger partial charge in [0.2, 0.25) is 0 Å². The fourth-order valence-corrected chi connectivity index (χ4v) is 1.96. The normalized spacial score (nSPS) is 10.3. The van der Waals surface area contributed by atoms with Crippen molar-refractivity contribution in [1.29, 1.82) is 0 Å². The molecule has 2 aromatic rings. The molecule has 98 valence electrons. The van der Waals surface area contributed by atoms with Gasteiger partial charge in [0, 0.05) is 12.7 Å². The lowest BCUT2D eigenvalue weighted by Gasteiger charge is -2.22. The average Bonchev–Trinajstić information content (AvgIpc) is 2.37. The first-order chi connectivity index (χ1) is 9.00. The van der Waals surface area contributed by atoms with Crippen molar-refractivity contribution < 1.29 is 13.6 Å². The Bertz CT molecular complexity index is 625. The zero-order valence-electron chi connectivity index (χ0n) is 10.7. The largest absolute Gasteiger partial charge is 0.344 e. The number of rotatable bonds is 3. The zero-order chi connectivity index (χ0) is 14.0. The molecule has 4 heteroatoms. The smallest absolute Gasteiger partial charge is 0.164 e. The Kier molecular flexibility index (Phi) is 3.60. The highest BCUT2D eigenvalue weighted by Crippen LogP contribution is 2.29. The van der Waals surface area contributed by atoms with Gasteiger partial charge < -0.3 is 4.90 Å². The van der Waals surface area contributed by atoms with Crippen LogP contribution in [0.15, 0.2) is 42.5 Å². The second kappa shape index (κ2) is 5.18. The van der Waals surface area contributed by atoms with Gasteiger partial charge in [-0.15, -0.1) is 0 Å². The molecule has 2 nitrogen and oxygen atoms in total. The molecule has 0 amide bonds. The van der Waals surface area contributed by atoms with E-state index >= 15 is 0 Å². The maximum Gasteiger partial charge on any atom is 0.164 e. The standard InChI is InChI=1S/C15H13F2NO/c1-10(19)15-13(17)7-4-8-14(15)18(2)12-6-3-5-11(16)9-12/h3-9H,1-2H3. The minimum absolute atomic E-state index is 0.00858. The molecule has 0 fully saturated rings. The van der Waals surface area contributed by atoms with E-state index in [9.17, 15) is 13.6 Å². The molecule has 19 heavy (non-hydrogen) atoms. The van der Waals surface area contributed by atoms with Gasteiger partial charge in [-0.05, 0) is 37.3 Å². The molecule has 0 aliphatic rings. The van der Waals surface area contributed by atoms with Crippen molar-refractivity contribution in [2.75, 3.05) is 11.9 Å². The van der Waals surface area contributed by atoms with Gasteiger partial charge in [-0.3, -0.25) is 4.79 Å². The SMILES string of the molecule is CC(=O)c1c(F)cccc1N(C)c1cccc(F)c1. The number of hydrogen-bond acceptors (Lipinski definition) is 2. The van der Waals surface area contributed by atoms with E-state index in [-0.39, 0.29) is 17.2 Å². The maximum absolute atomic E-state index is 13.7. The van der Waals surface area contributed by atoms with E-state index in [1.807, 2.05) is 0 Å². The van der Waals surface area contributed by atoms with Crippen molar-refractivity contribution in [1.82, 2.24) is 0 Å². The van der Waals surface area contributed by atoms with Crippen LogP contribution in [0.3, 0.4) is 0 Å². The second-order valence-corrected chi connectivity index (χ2v) is 4.23. The average molecular weight is 261 g/mol. The van der Waals surface area contributed by atoms with Gasteiger partial charge in [0.05, 0.1) is 11.3 Å². The van der Waals surface area contributed by atoms with Crippen LogP contribution in [0.4, 0.5) is 20.2 Å². The fourth-order valence-electron chi connectivity index (χ4n) is 1.96. The van der Waals surface area contributed by atoms with E-state index in [4.69, 9.17) is 0 Å². The first kappa shape index (κ1) is 13.2. The molecule has 0 N–H and O–H groups in total. The Balaban J connectivity index is 2.53. The molecule has 0 saturated carbocycles. The molecule has 0 heterocycles. The molecular weight excluding hydrogens is 248 g/mol. The predicted molar refractivity (Wildman–Crippen MR) is 70.9 cm³/mol. The van der Waals surface area contributed by atoms with E-state index in [1.54, 1.807) is 30.1 Å². The summed E-state index contributed by atoms with van der Waals surface area (Å²) in [6.07, 6.45) is 0. The van der Waals surface area contributed by atoms with Crippen molar-refractivity contribution >= 4 is 17.2 Å². The number of carbonyl (C=O) groups excluding carboxylic acids is 1. The van der Waals surface area contributed by atoms with Gasteiger partial charge in [0.1, 0.15) is 11.6 Å². The molecule has 0 aliphatic heterocycles. The molecule has 0 radical (unpaired) electrons. The molecule has 0 bridgehead atoms. The van der Waals surface area contributed by atoms with Crippen LogP contribution in [0.2, 0.25) is 0 Å². The topological polar surface area (TPSA) is 20.3 Å². The fraction of sp³-hybridized carbons (Fsp3) is 0.133. The van der Waals surface area contributed by atoms with Crippen LogP contribution < -0.4 is 4.90 Å². The minimum atomic E-state index is -0.576. The number of carbonyl (C=O) groups is 1. The third-order valence-corrected chi connectivity index (χ3v) is 2.90. The van der Waals surface area contributed by atoms with Crippen LogP contribution in [-0.2, 0) is 0 Å². The molecule has 0 aliphatic carbocycles. The van der Waals surface area contributed by atoms with Crippen molar-refractivity contribution in [3.8, 4) is 0 Å². The van der Waals surface area contributed by atoms with Gasteiger partial charge in [-0.2, -0.15) is 0 Å². The zero-order valence-corrected chi connectivity index (χ0v) is 10.7. The summed E-state index contributed by atoms with van der Waals surface area (Å²) in [5.41, 5.74) is 0.973. The van der Waals surface area contributed by atoms with Gasteiger partial charge in [0.15, 0.2) is 5.78 Å². The molecule has 0 atom stereocenters. The maximum atomic E-state index is 13.7. The highest BCUT2D eigenvalue weighted by atomic mass is 19.1. The number of nitrogens with zero attached hydrogens (tertiary/aromatic N) is 1. The van der Waals surface area contributed by atoms with Crippen LogP contribution in [0.25, 0.3) is 0 Å².